The predicted octanol–water partition coefficient (Wildman–Crippen LogP) is 2.56. The minimum absolute atomic E-state index is 0.561. The van der Waals surface area contributed by atoms with E-state index in [1.54, 1.807) is 0 Å². The number of benzene rings is 1. The van der Waals surface area contributed by atoms with Crippen LogP contribution in [0, 0.1) is 0 Å². The number of likely N-dealkylation sites (tertiary alicyclic amines) is 2. The van der Waals surface area contributed by atoms with E-state index in [2.05, 4.69) is 51.3 Å². The first kappa shape index (κ1) is 19.2. The van der Waals surface area contributed by atoms with Crippen molar-refractivity contribution in [1.82, 2.24) is 15.1 Å². The first-order valence-corrected chi connectivity index (χ1v) is 10.3. The molecule has 2 aliphatic rings. The fourth-order valence-electron chi connectivity index (χ4n) is 4.12. The molecule has 1 aromatic carbocycles. The number of hydrogen-bond acceptors (Lipinski definition) is 3. The van der Waals surface area contributed by atoms with E-state index in [0.717, 1.165) is 19.6 Å². The molecule has 5 nitrogen and oxygen atoms in total. The van der Waals surface area contributed by atoms with Gasteiger partial charge in [0, 0.05) is 19.1 Å². The summed E-state index contributed by atoms with van der Waals surface area (Å²) in [6, 6.07) is 9.45. The maximum absolute atomic E-state index is 6.05. The summed E-state index contributed by atoms with van der Waals surface area (Å²) in [4.78, 5) is 9.58. The standard InChI is InChI=1S/C21H35N5/c1-2-26-14-6-7-20(26)16-24-21(22)23-15-18-8-10-19(11-9-18)17-25-12-4-3-5-13-25/h8-11,20H,2-7,12-17H2,1H3,(H3,22,23,24). The highest BCUT2D eigenvalue weighted by molar-refractivity contribution is 5.77. The molecule has 3 N–H and O–H groups in total. The third-order valence-corrected chi connectivity index (χ3v) is 5.73. The Hall–Kier alpha value is -1.59. The lowest BCUT2D eigenvalue weighted by Gasteiger charge is -2.26. The third-order valence-electron chi connectivity index (χ3n) is 5.73. The number of aliphatic imine (C=N–C) groups is 1. The van der Waals surface area contributed by atoms with E-state index in [1.165, 1.54) is 62.9 Å². The molecule has 0 aliphatic carbocycles. The molecule has 0 bridgehead atoms. The molecule has 2 saturated heterocycles. The van der Waals surface area contributed by atoms with E-state index < -0.39 is 0 Å². The van der Waals surface area contributed by atoms with Gasteiger partial charge in [-0.25, -0.2) is 4.99 Å². The minimum Gasteiger partial charge on any atom is -0.370 e. The van der Waals surface area contributed by atoms with E-state index in [4.69, 9.17) is 5.73 Å². The van der Waals surface area contributed by atoms with Gasteiger partial charge in [-0.05, 0) is 63.0 Å². The topological polar surface area (TPSA) is 56.9 Å². The molecule has 1 aromatic rings. The Labute approximate surface area is 158 Å². The molecule has 26 heavy (non-hydrogen) atoms. The van der Waals surface area contributed by atoms with Crippen molar-refractivity contribution in [2.75, 3.05) is 32.7 Å². The Morgan fingerprint density at radius 2 is 1.81 bits per heavy atom. The lowest BCUT2D eigenvalue weighted by molar-refractivity contribution is 0.221. The van der Waals surface area contributed by atoms with Crippen molar-refractivity contribution in [1.29, 1.82) is 0 Å². The van der Waals surface area contributed by atoms with Gasteiger partial charge in [0.15, 0.2) is 5.96 Å². The van der Waals surface area contributed by atoms with Gasteiger partial charge in [0.1, 0.15) is 0 Å². The highest BCUT2D eigenvalue weighted by Gasteiger charge is 2.22. The summed E-state index contributed by atoms with van der Waals surface area (Å²) in [6.07, 6.45) is 6.62. The van der Waals surface area contributed by atoms with Crippen molar-refractivity contribution < 1.29 is 0 Å². The van der Waals surface area contributed by atoms with Crippen LogP contribution in [0.4, 0.5) is 0 Å². The SMILES string of the molecule is CCN1CCCC1CNC(N)=NCc1ccc(CN2CCCCC2)cc1. The summed E-state index contributed by atoms with van der Waals surface area (Å²) < 4.78 is 0. The molecule has 1 unspecified atom stereocenters. The second kappa shape index (κ2) is 9.93. The molecule has 2 aliphatic heterocycles. The Morgan fingerprint density at radius 3 is 2.54 bits per heavy atom. The Balaban J connectivity index is 1.42. The van der Waals surface area contributed by atoms with Gasteiger partial charge in [-0.1, -0.05) is 37.6 Å². The molecule has 0 amide bonds. The molecule has 2 heterocycles. The van der Waals surface area contributed by atoms with Crippen LogP contribution in [-0.2, 0) is 13.1 Å². The van der Waals surface area contributed by atoms with Crippen molar-refractivity contribution in [3.8, 4) is 0 Å². The number of piperidine rings is 1. The first-order chi connectivity index (χ1) is 12.7. The molecule has 144 valence electrons. The van der Waals surface area contributed by atoms with E-state index in [9.17, 15) is 0 Å². The van der Waals surface area contributed by atoms with Crippen LogP contribution in [0.15, 0.2) is 29.3 Å². The molecule has 5 heteroatoms. The van der Waals surface area contributed by atoms with Gasteiger partial charge in [0.2, 0.25) is 0 Å². The van der Waals surface area contributed by atoms with Crippen molar-refractivity contribution in [3.63, 3.8) is 0 Å². The first-order valence-electron chi connectivity index (χ1n) is 10.3. The predicted molar refractivity (Wildman–Crippen MR) is 109 cm³/mol. The van der Waals surface area contributed by atoms with Crippen molar-refractivity contribution >= 4 is 5.96 Å². The molecule has 0 spiro atoms. The van der Waals surface area contributed by atoms with Gasteiger partial charge in [-0.15, -0.1) is 0 Å². The lowest BCUT2D eigenvalue weighted by Crippen LogP contribution is -2.42. The number of nitrogens with one attached hydrogen (secondary N) is 1. The van der Waals surface area contributed by atoms with E-state index >= 15 is 0 Å². The Morgan fingerprint density at radius 1 is 1.08 bits per heavy atom. The summed E-state index contributed by atoms with van der Waals surface area (Å²) in [5.41, 5.74) is 8.66. The van der Waals surface area contributed by atoms with Crippen LogP contribution in [0.2, 0.25) is 0 Å². The number of rotatable bonds is 7. The second-order valence-electron chi connectivity index (χ2n) is 7.66. The zero-order valence-corrected chi connectivity index (χ0v) is 16.3. The molecule has 0 radical (unpaired) electrons. The molecule has 2 fully saturated rings. The van der Waals surface area contributed by atoms with Crippen LogP contribution in [0.5, 0.6) is 0 Å². The molecular weight excluding hydrogens is 322 g/mol. The quantitative estimate of drug-likeness (QED) is 0.582. The normalized spacial score (nSPS) is 22.7. The van der Waals surface area contributed by atoms with Crippen LogP contribution in [-0.4, -0.2) is 54.5 Å². The van der Waals surface area contributed by atoms with Gasteiger partial charge in [0.25, 0.3) is 0 Å². The highest BCUT2D eigenvalue weighted by atomic mass is 15.2. The van der Waals surface area contributed by atoms with Crippen LogP contribution < -0.4 is 11.1 Å². The number of likely N-dealkylation sites (N-methyl/N-ethyl adjacent to an activating group) is 1. The fraction of sp³-hybridized carbons (Fsp3) is 0.667. The third kappa shape index (κ3) is 5.71. The zero-order valence-electron chi connectivity index (χ0n) is 16.3. The summed E-state index contributed by atoms with van der Waals surface area (Å²) >= 11 is 0. The van der Waals surface area contributed by atoms with E-state index in [-0.39, 0.29) is 0 Å². The van der Waals surface area contributed by atoms with Crippen molar-refractivity contribution in [2.24, 2.45) is 10.7 Å². The molecule has 3 rings (SSSR count). The number of nitrogens with zero attached hydrogens (tertiary/aromatic N) is 3. The highest BCUT2D eigenvalue weighted by Crippen LogP contribution is 2.16. The van der Waals surface area contributed by atoms with E-state index in [1.807, 2.05) is 0 Å². The van der Waals surface area contributed by atoms with Crippen LogP contribution in [0.3, 0.4) is 0 Å². The Kier molecular flexibility index (Phi) is 7.32. The van der Waals surface area contributed by atoms with Crippen LogP contribution >= 0.6 is 0 Å². The molecular formula is C21H35N5. The molecule has 0 aromatic heterocycles. The van der Waals surface area contributed by atoms with Crippen molar-refractivity contribution in [3.05, 3.63) is 35.4 Å². The largest absolute Gasteiger partial charge is 0.370 e. The summed E-state index contributed by atoms with van der Waals surface area (Å²) in [5, 5.41) is 3.30. The summed E-state index contributed by atoms with van der Waals surface area (Å²) in [5.74, 6) is 0.561. The summed E-state index contributed by atoms with van der Waals surface area (Å²) in [7, 11) is 0. The smallest absolute Gasteiger partial charge is 0.188 e. The van der Waals surface area contributed by atoms with Gasteiger partial charge >= 0.3 is 0 Å². The van der Waals surface area contributed by atoms with E-state index in [0.29, 0.717) is 18.5 Å². The maximum Gasteiger partial charge on any atom is 0.188 e. The molecule has 1 atom stereocenters. The molecule has 0 saturated carbocycles. The fourth-order valence-corrected chi connectivity index (χ4v) is 4.12. The number of nitrogens with two attached hydrogens (primary N) is 1. The minimum atomic E-state index is 0.561. The monoisotopic (exact) mass is 357 g/mol. The number of hydrogen-bond donors (Lipinski definition) is 2. The average Bonchev–Trinajstić information content (AvgIpc) is 3.14. The average molecular weight is 358 g/mol. The van der Waals surface area contributed by atoms with Crippen LogP contribution in [0.25, 0.3) is 0 Å². The van der Waals surface area contributed by atoms with Crippen molar-refractivity contribution in [2.45, 2.75) is 58.2 Å². The van der Waals surface area contributed by atoms with Crippen LogP contribution in [0.1, 0.15) is 50.2 Å². The number of guanidine groups is 1. The van der Waals surface area contributed by atoms with Gasteiger partial charge in [-0.3, -0.25) is 9.80 Å². The lowest BCUT2D eigenvalue weighted by atomic mass is 10.1. The van der Waals surface area contributed by atoms with Gasteiger partial charge < -0.3 is 11.1 Å². The van der Waals surface area contributed by atoms with Gasteiger partial charge in [-0.2, -0.15) is 0 Å². The maximum atomic E-state index is 6.05. The Bertz CT molecular complexity index is 562. The summed E-state index contributed by atoms with van der Waals surface area (Å²) in [6.45, 7) is 9.66. The zero-order chi connectivity index (χ0) is 18.2. The van der Waals surface area contributed by atoms with Gasteiger partial charge in [0.05, 0.1) is 6.54 Å². The second-order valence-corrected chi connectivity index (χ2v) is 7.66.